The highest BCUT2D eigenvalue weighted by Crippen LogP contribution is 2.33. The second-order valence-corrected chi connectivity index (χ2v) is 6.98. The minimum atomic E-state index is -0.563. The molecule has 3 heterocycles. The molecule has 5 nitrogen and oxygen atoms in total. The lowest BCUT2D eigenvalue weighted by Gasteiger charge is -2.08. The lowest BCUT2D eigenvalue weighted by Crippen LogP contribution is -1.96. The molecular formula is C20H13N3O2S. The van der Waals surface area contributed by atoms with Gasteiger partial charge in [0.2, 0.25) is 0 Å². The molecule has 0 radical (unpaired) electrons. The van der Waals surface area contributed by atoms with Crippen LogP contribution in [0.15, 0.2) is 69.3 Å². The molecule has 0 saturated carbocycles. The van der Waals surface area contributed by atoms with Gasteiger partial charge in [-0.05, 0) is 23.1 Å². The van der Waals surface area contributed by atoms with E-state index in [4.69, 9.17) is 4.98 Å². The highest BCUT2D eigenvalue weighted by Gasteiger charge is 2.12. The predicted octanol–water partition coefficient (Wildman–Crippen LogP) is 4.38. The fourth-order valence-electron chi connectivity index (χ4n) is 3.19. The fraction of sp³-hybridized carbons (Fsp3) is 0.0500. The fourth-order valence-corrected chi connectivity index (χ4v) is 4.15. The van der Waals surface area contributed by atoms with E-state index in [2.05, 4.69) is 38.2 Å². The van der Waals surface area contributed by atoms with E-state index < -0.39 is 5.76 Å². The number of aromatic nitrogens is 3. The Kier molecular flexibility index (Phi) is 3.43. The molecule has 0 aliphatic rings. The van der Waals surface area contributed by atoms with Gasteiger partial charge in [-0.3, -0.25) is 14.5 Å². The second kappa shape index (κ2) is 5.93. The van der Waals surface area contributed by atoms with E-state index in [-0.39, 0.29) is 0 Å². The average Bonchev–Trinajstić information content (AvgIpc) is 3.32. The van der Waals surface area contributed by atoms with Crippen molar-refractivity contribution in [2.45, 2.75) is 6.42 Å². The lowest BCUT2D eigenvalue weighted by molar-refractivity contribution is 0.388. The van der Waals surface area contributed by atoms with Crippen LogP contribution in [-0.4, -0.2) is 15.1 Å². The van der Waals surface area contributed by atoms with Crippen LogP contribution in [0.2, 0.25) is 0 Å². The summed E-state index contributed by atoms with van der Waals surface area (Å²) in [5.41, 5.74) is 3.93. The van der Waals surface area contributed by atoms with E-state index in [9.17, 15) is 4.79 Å². The van der Waals surface area contributed by atoms with Gasteiger partial charge in [0.15, 0.2) is 5.82 Å². The summed E-state index contributed by atoms with van der Waals surface area (Å²) < 4.78 is 5.84. The number of aromatic amines is 1. The molecule has 2 aromatic carbocycles. The van der Waals surface area contributed by atoms with Gasteiger partial charge in [-0.15, -0.1) is 11.3 Å². The molecule has 1 N–H and O–H groups in total. The third-order valence-electron chi connectivity index (χ3n) is 4.40. The number of H-pyrrole nitrogens is 1. The number of hydrogen-bond acceptors (Lipinski definition) is 5. The molecule has 5 aromatic rings. The van der Waals surface area contributed by atoms with Gasteiger partial charge >= 0.3 is 5.76 Å². The monoisotopic (exact) mass is 359 g/mol. The van der Waals surface area contributed by atoms with Crippen molar-refractivity contribution < 1.29 is 4.52 Å². The van der Waals surface area contributed by atoms with Gasteiger partial charge < -0.3 is 0 Å². The number of fused-ring (bicyclic) bond motifs is 3. The Hall–Kier alpha value is -3.25. The Balaban J connectivity index is 1.71. The van der Waals surface area contributed by atoms with Crippen molar-refractivity contribution >= 4 is 32.3 Å². The van der Waals surface area contributed by atoms with Crippen LogP contribution in [0.1, 0.15) is 11.3 Å². The molecule has 0 unspecified atom stereocenters. The molecular weight excluding hydrogens is 346 g/mol. The molecule has 0 saturated heterocycles. The molecule has 126 valence electrons. The lowest BCUT2D eigenvalue weighted by atomic mass is 10.0. The molecule has 0 atom stereocenters. The van der Waals surface area contributed by atoms with Gasteiger partial charge in [0.05, 0.1) is 11.2 Å². The van der Waals surface area contributed by atoms with Crippen LogP contribution < -0.4 is 5.76 Å². The third kappa shape index (κ3) is 2.51. The Morgan fingerprint density at radius 3 is 2.73 bits per heavy atom. The topological polar surface area (TPSA) is 71.8 Å². The molecule has 5 rings (SSSR count). The minimum absolute atomic E-state index is 0.412. The smallest absolute Gasteiger partial charge is 0.296 e. The SMILES string of the molecule is O=c1[nH]c(-c2ccc3c(c2)nc(Cc2ccccc2)c2ccsc23)no1. The molecule has 3 aromatic heterocycles. The van der Waals surface area contributed by atoms with Gasteiger partial charge in [0.25, 0.3) is 0 Å². The summed E-state index contributed by atoms with van der Waals surface area (Å²) in [7, 11) is 0. The summed E-state index contributed by atoms with van der Waals surface area (Å²) in [5.74, 6) is -0.152. The summed E-state index contributed by atoms with van der Waals surface area (Å²) in [5, 5.41) is 8.15. The highest BCUT2D eigenvalue weighted by molar-refractivity contribution is 7.18. The van der Waals surface area contributed by atoms with Crippen LogP contribution >= 0.6 is 11.3 Å². The first kappa shape index (κ1) is 15.0. The number of pyridine rings is 1. The molecule has 6 heteroatoms. The maximum atomic E-state index is 11.2. The maximum absolute atomic E-state index is 11.2. The van der Waals surface area contributed by atoms with Crippen LogP contribution in [0, 0.1) is 0 Å². The average molecular weight is 359 g/mol. The van der Waals surface area contributed by atoms with E-state index in [0.29, 0.717) is 5.82 Å². The molecule has 0 bridgehead atoms. The van der Waals surface area contributed by atoms with Crippen LogP contribution in [-0.2, 0) is 6.42 Å². The zero-order chi connectivity index (χ0) is 17.5. The zero-order valence-electron chi connectivity index (χ0n) is 13.6. The number of hydrogen-bond donors (Lipinski definition) is 1. The Morgan fingerprint density at radius 1 is 1.04 bits per heavy atom. The van der Waals surface area contributed by atoms with E-state index in [1.54, 1.807) is 11.3 Å². The maximum Gasteiger partial charge on any atom is 0.439 e. The first-order valence-electron chi connectivity index (χ1n) is 8.18. The summed E-state index contributed by atoms with van der Waals surface area (Å²) in [6.07, 6.45) is 0.773. The largest absolute Gasteiger partial charge is 0.439 e. The van der Waals surface area contributed by atoms with E-state index in [0.717, 1.165) is 28.6 Å². The van der Waals surface area contributed by atoms with Gasteiger partial charge in [-0.1, -0.05) is 47.6 Å². The van der Waals surface area contributed by atoms with Crippen LogP contribution in [0.5, 0.6) is 0 Å². The normalized spacial score (nSPS) is 11.4. The molecule has 0 fully saturated rings. The summed E-state index contributed by atoms with van der Waals surface area (Å²) >= 11 is 1.72. The highest BCUT2D eigenvalue weighted by atomic mass is 32.1. The quantitative estimate of drug-likeness (QED) is 0.519. The van der Waals surface area contributed by atoms with Crippen molar-refractivity contribution in [3.8, 4) is 11.4 Å². The third-order valence-corrected chi connectivity index (χ3v) is 5.35. The van der Waals surface area contributed by atoms with Gasteiger partial charge in [-0.2, -0.15) is 0 Å². The van der Waals surface area contributed by atoms with Crippen LogP contribution in [0.25, 0.3) is 32.4 Å². The first-order chi connectivity index (χ1) is 12.8. The second-order valence-electron chi connectivity index (χ2n) is 6.06. The van der Waals surface area contributed by atoms with Crippen molar-refractivity contribution in [2.75, 3.05) is 0 Å². The van der Waals surface area contributed by atoms with Crippen LogP contribution in [0.3, 0.4) is 0 Å². The van der Waals surface area contributed by atoms with Gasteiger partial charge in [-0.25, -0.2) is 4.79 Å². The molecule has 0 aliphatic carbocycles. The van der Waals surface area contributed by atoms with E-state index in [1.807, 2.05) is 36.4 Å². The molecule has 0 spiro atoms. The summed E-state index contributed by atoms with van der Waals surface area (Å²) in [6, 6.07) is 18.3. The van der Waals surface area contributed by atoms with Crippen molar-refractivity contribution in [3.63, 3.8) is 0 Å². The minimum Gasteiger partial charge on any atom is -0.296 e. The number of nitrogens with zero attached hydrogens (tertiary/aromatic N) is 2. The van der Waals surface area contributed by atoms with Gasteiger partial charge in [0.1, 0.15) is 0 Å². The Bertz CT molecular complexity index is 1280. The molecule has 0 aliphatic heterocycles. The Morgan fingerprint density at radius 2 is 1.92 bits per heavy atom. The molecule has 0 amide bonds. The Labute approximate surface area is 151 Å². The van der Waals surface area contributed by atoms with E-state index in [1.165, 1.54) is 15.6 Å². The van der Waals surface area contributed by atoms with Crippen molar-refractivity contribution in [2.24, 2.45) is 0 Å². The number of nitrogens with one attached hydrogen (secondary N) is 1. The number of thiophene rings is 1. The van der Waals surface area contributed by atoms with Crippen LogP contribution in [0.4, 0.5) is 0 Å². The first-order valence-corrected chi connectivity index (χ1v) is 9.06. The number of benzene rings is 2. The van der Waals surface area contributed by atoms with E-state index >= 15 is 0 Å². The van der Waals surface area contributed by atoms with Crippen molar-refractivity contribution in [1.29, 1.82) is 0 Å². The van der Waals surface area contributed by atoms with Crippen molar-refractivity contribution in [1.82, 2.24) is 15.1 Å². The van der Waals surface area contributed by atoms with Crippen molar-refractivity contribution in [3.05, 3.63) is 81.8 Å². The zero-order valence-corrected chi connectivity index (χ0v) is 14.4. The predicted molar refractivity (Wildman–Crippen MR) is 102 cm³/mol. The van der Waals surface area contributed by atoms with Gasteiger partial charge in [0, 0.05) is 27.5 Å². The number of rotatable bonds is 3. The summed E-state index contributed by atoms with van der Waals surface area (Å²) in [6.45, 7) is 0. The standard InChI is InChI=1S/C20H13N3O2S/c24-20-22-19(23-25-20)13-6-7-14-17(11-13)21-16(15-8-9-26-18(14)15)10-12-4-2-1-3-5-12/h1-9,11H,10H2,(H,22,23,24). The molecule has 26 heavy (non-hydrogen) atoms. The summed E-state index contributed by atoms with van der Waals surface area (Å²) in [4.78, 5) is 18.7.